The molecule has 0 amide bonds. The summed E-state index contributed by atoms with van der Waals surface area (Å²) < 4.78 is 7.81. The van der Waals surface area contributed by atoms with E-state index >= 15 is 0 Å². The Bertz CT molecular complexity index is 791. The second-order valence-electron chi connectivity index (χ2n) is 5.56. The maximum atomic E-state index is 5.57. The molecule has 0 aliphatic heterocycles. The Kier molecular flexibility index (Phi) is 2.92. The van der Waals surface area contributed by atoms with Gasteiger partial charge in [0.2, 0.25) is 0 Å². The van der Waals surface area contributed by atoms with E-state index in [0.717, 1.165) is 24.2 Å². The van der Waals surface area contributed by atoms with E-state index in [1.54, 1.807) is 7.11 Å². The van der Waals surface area contributed by atoms with Gasteiger partial charge in [0.1, 0.15) is 11.4 Å². The van der Waals surface area contributed by atoms with Crippen molar-refractivity contribution in [3.63, 3.8) is 0 Å². The zero-order valence-electron chi connectivity index (χ0n) is 12.1. The average molecular weight is 278 g/mol. The number of aryl methyl sites for hydroxylation is 1. The number of imidazole rings is 1. The first kappa shape index (κ1) is 12.5. The van der Waals surface area contributed by atoms with Crippen LogP contribution in [0.5, 0.6) is 5.75 Å². The van der Waals surface area contributed by atoms with E-state index in [4.69, 9.17) is 9.72 Å². The number of aromatic nitrogens is 2. The largest absolute Gasteiger partial charge is 0.496 e. The number of benzene rings is 1. The van der Waals surface area contributed by atoms with Crippen molar-refractivity contribution in [1.29, 1.82) is 0 Å². The molecule has 3 heteroatoms. The summed E-state index contributed by atoms with van der Waals surface area (Å²) in [6.07, 6.45) is 5.52. The van der Waals surface area contributed by atoms with Gasteiger partial charge in [-0.2, -0.15) is 0 Å². The first-order chi connectivity index (χ1) is 10.4. The molecule has 0 fully saturated rings. The molecule has 4 rings (SSSR count). The standard InChI is InChI=1S/C18H18N2O/c1-21-16-10-3-2-7-13(16)14-8-6-9-15-18(14)20-12-5-4-11-17(20)19-15/h2-5,7,10-12,14H,6,8-9H2,1H3. The van der Waals surface area contributed by atoms with Gasteiger partial charge in [-0.3, -0.25) is 0 Å². The smallest absolute Gasteiger partial charge is 0.137 e. The molecule has 0 N–H and O–H groups in total. The summed E-state index contributed by atoms with van der Waals surface area (Å²) in [6, 6.07) is 14.6. The van der Waals surface area contributed by atoms with Crippen LogP contribution in [0.25, 0.3) is 5.65 Å². The van der Waals surface area contributed by atoms with Gasteiger partial charge in [-0.1, -0.05) is 24.3 Å². The van der Waals surface area contributed by atoms with Gasteiger partial charge in [-0.05, 0) is 37.5 Å². The number of ether oxygens (including phenoxy) is 1. The first-order valence-corrected chi connectivity index (χ1v) is 7.47. The van der Waals surface area contributed by atoms with Crippen LogP contribution in [0.1, 0.15) is 35.7 Å². The van der Waals surface area contributed by atoms with Crippen molar-refractivity contribution in [2.75, 3.05) is 7.11 Å². The number of para-hydroxylation sites is 1. The van der Waals surface area contributed by atoms with Crippen molar-refractivity contribution < 1.29 is 4.74 Å². The molecular weight excluding hydrogens is 260 g/mol. The van der Waals surface area contributed by atoms with Crippen molar-refractivity contribution in [3.8, 4) is 5.75 Å². The van der Waals surface area contributed by atoms with E-state index in [1.165, 1.54) is 23.4 Å². The van der Waals surface area contributed by atoms with Gasteiger partial charge < -0.3 is 9.14 Å². The number of pyridine rings is 1. The summed E-state index contributed by atoms with van der Waals surface area (Å²) >= 11 is 0. The normalized spacial score (nSPS) is 17.7. The molecular formula is C18H18N2O. The second-order valence-corrected chi connectivity index (χ2v) is 5.56. The SMILES string of the molecule is COc1ccccc1C1CCCc2nc3ccccn3c21. The highest BCUT2D eigenvalue weighted by atomic mass is 16.5. The van der Waals surface area contributed by atoms with Crippen LogP contribution in [-0.4, -0.2) is 16.5 Å². The molecule has 1 unspecified atom stereocenters. The summed E-state index contributed by atoms with van der Waals surface area (Å²) in [5, 5.41) is 0. The molecule has 106 valence electrons. The Morgan fingerprint density at radius 3 is 2.90 bits per heavy atom. The summed E-state index contributed by atoms with van der Waals surface area (Å²) in [7, 11) is 1.75. The Labute approximate surface area is 124 Å². The zero-order valence-corrected chi connectivity index (χ0v) is 12.1. The zero-order chi connectivity index (χ0) is 14.2. The minimum atomic E-state index is 0.363. The fourth-order valence-corrected chi connectivity index (χ4v) is 3.48. The average Bonchev–Trinajstić information content (AvgIpc) is 2.93. The number of fused-ring (bicyclic) bond motifs is 3. The van der Waals surface area contributed by atoms with Gasteiger partial charge in [0.05, 0.1) is 18.5 Å². The number of rotatable bonds is 2. The lowest BCUT2D eigenvalue weighted by molar-refractivity contribution is 0.404. The monoisotopic (exact) mass is 278 g/mol. The lowest BCUT2D eigenvalue weighted by Gasteiger charge is -2.24. The molecule has 1 aromatic carbocycles. The number of methoxy groups -OCH3 is 1. The van der Waals surface area contributed by atoms with Gasteiger partial charge in [-0.15, -0.1) is 0 Å². The summed E-state index contributed by atoms with van der Waals surface area (Å²) in [6.45, 7) is 0. The molecule has 0 radical (unpaired) electrons. The quantitative estimate of drug-likeness (QED) is 0.712. The second kappa shape index (κ2) is 4.92. The summed E-state index contributed by atoms with van der Waals surface area (Å²) in [5.41, 5.74) is 4.89. The highest BCUT2D eigenvalue weighted by Crippen LogP contribution is 2.40. The van der Waals surface area contributed by atoms with Gasteiger partial charge in [0.25, 0.3) is 0 Å². The number of hydrogen-bond acceptors (Lipinski definition) is 2. The minimum Gasteiger partial charge on any atom is -0.496 e. The topological polar surface area (TPSA) is 26.5 Å². The predicted molar refractivity (Wildman–Crippen MR) is 83.0 cm³/mol. The van der Waals surface area contributed by atoms with Gasteiger partial charge in [0, 0.05) is 17.7 Å². The lowest BCUT2D eigenvalue weighted by atomic mass is 9.84. The lowest BCUT2D eigenvalue weighted by Crippen LogP contribution is -2.13. The fourth-order valence-electron chi connectivity index (χ4n) is 3.48. The summed E-state index contributed by atoms with van der Waals surface area (Å²) in [5.74, 6) is 1.34. The van der Waals surface area contributed by atoms with Crippen LogP contribution in [0.3, 0.4) is 0 Å². The third-order valence-electron chi connectivity index (χ3n) is 4.39. The molecule has 1 aliphatic carbocycles. The van der Waals surface area contributed by atoms with Gasteiger partial charge in [0.15, 0.2) is 0 Å². The van der Waals surface area contributed by atoms with Crippen LogP contribution < -0.4 is 4.74 Å². The van der Waals surface area contributed by atoms with Crippen molar-refractivity contribution in [2.24, 2.45) is 0 Å². The van der Waals surface area contributed by atoms with Crippen molar-refractivity contribution >= 4 is 5.65 Å². The summed E-state index contributed by atoms with van der Waals surface area (Å²) in [4.78, 5) is 4.81. The molecule has 1 aliphatic rings. The van der Waals surface area contributed by atoms with E-state index in [2.05, 4.69) is 34.9 Å². The molecule has 0 bridgehead atoms. The van der Waals surface area contributed by atoms with Crippen LogP contribution in [0.15, 0.2) is 48.7 Å². The molecule has 1 atom stereocenters. The Morgan fingerprint density at radius 2 is 2.00 bits per heavy atom. The third-order valence-corrected chi connectivity index (χ3v) is 4.39. The van der Waals surface area contributed by atoms with Crippen LogP contribution in [-0.2, 0) is 6.42 Å². The number of nitrogens with zero attached hydrogens (tertiary/aromatic N) is 2. The Hall–Kier alpha value is -2.29. The van der Waals surface area contributed by atoms with Crippen molar-refractivity contribution in [1.82, 2.24) is 9.38 Å². The van der Waals surface area contributed by atoms with E-state index in [9.17, 15) is 0 Å². The van der Waals surface area contributed by atoms with E-state index in [-0.39, 0.29) is 0 Å². The van der Waals surface area contributed by atoms with E-state index in [1.807, 2.05) is 18.2 Å². The molecule has 2 heterocycles. The minimum absolute atomic E-state index is 0.363. The Balaban J connectivity index is 1.94. The molecule has 0 spiro atoms. The Morgan fingerprint density at radius 1 is 1.14 bits per heavy atom. The predicted octanol–water partition coefficient (Wildman–Crippen LogP) is 3.81. The van der Waals surface area contributed by atoms with Crippen molar-refractivity contribution in [2.45, 2.75) is 25.2 Å². The van der Waals surface area contributed by atoms with E-state index in [0.29, 0.717) is 5.92 Å². The highest BCUT2D eigenvalue weighted by molar-refractivity contribution is 5.49. The maximum absolute atomic E-state index is 5.57. The van der Waals surface area contributed by atoms with E-state index < -0.39 is 0 Å². The molecule has 3 aromatic rings. The van der Waals surface area contributed by atoms with Crippen LogP contribution in [0, 0.1) is 0 Å². The van der Waals surface area contributed by atoms with Crippen LogP contribution in [0.4, 0.5) is 0 Å². The molecule has 0 saturated heterocycles. The number of hydrogen-bond donors (Lipinski definition) is 0. The first-order valence-electron chi connectivity index (χ1n) is 7.47. The van der Waals surface area contributed by atoms with Crippen molar-refractivity contribution in [3.05, 3.63) is 65.6 Å². The molecule has 0 saturated carbocycles. The van der Waals surface area contributed by atoms with Gasteiger partial charge in [-0.25, -0.2) is 4.98 Å². The van der Waals surface area contributed by atoms with Crippen LogP contribution in [0.2, 0.25) is 0 Å². The third kappa shape index (κ3) is 1.92. The van der Waals surface area contributed by atoms with Crippen LogP contribution >= 0.6 is 0 Å². The molecule has 2 aromatic heterocycles. The highest BCUT2D eigenvalue weighted by Gasteiger charge is 2.28. The fraction of sp³-hybridized carbons (Fsp3) is 0.278. The van der Waals surface area contributed by atoms with Gasteiger partial charge >= 0.3 is 0 Å². The maximum Gasteiger partial charge on any atom is 0.137 e. The molecule has 21 heavy (non-hydrogen) atoms. The molecule has 3 nitrogen and oxygen atoms in total.